The fraction of sp³-hybridized carbons (Fsp3) is 0.333. The summed E-state index contributed by atoms with van der Waals surface area (Å²) in [6, 6.07) is 4.27. The highest BCUT2D eigenvalue weighted by Gasteiger charge is 2.49. The zero-order chi connectivity index (χ0) is 18.7. The van der Waals surface area contributed by atoms with Crippen molar-refractivity contribution >= 4 is 11.8 Å². The Morgan fingerprint density at radius 3 is 2.65 bits per heavy atom. The van der Waals surface area contributed by atoms with Crippen molar-refractivity contribution in [2.24, 2.45) is 5.73 Å². The van der Waals surface area contributed by atoms with E-state index in [0.29, 0.717) is 30.5 Å². The first-order valence-electron chi connectivity index (χ1n) is 8.15. The molecule has 1 aromatic carbocycles. The molecule has 3 rings (SSSR count). The summed E-state index contributed by atoms with van der Waals surface area (Å²) < 4.78 is 19.8. The molecule has 2 heterocycles. The van der Waals surface area contributed by atoms with E-state index in [-0.39, 0.29) is 12.2 Å². The van der Waals surface area contributed by atoms with Gasteiger partial charge < -0.3 is 15.4 Å². The lowest BCUT2D eigenvalue weighted by Gasteiger charge is -2.35. The average Bonchev–Trinajstić information content (AvgIpc) is 3.07. The normalized spacial score (nSPS) is 19.5. The maximum Gasteiger partial charge on any atom is 0.257 e. The summed E-state index contributed by atoms with van der Waals surface area (Å²) in [5, 5.41) is 0. The van der Waals surface area contributed by atoms with Crippen molar-refractivity contribution in [3.05, 3.63) is 48.3 Å². The van der Waals surface area contributed by atoms with Crippen LogP contribution >= 0.6 is 0 Å². The van der Waals surface area contributed by atoms with E-state index in [1.807, 2.05) is 0 Å². The van der Waals surface area contributed by atoms with Crippen LogP contribution in [0.25, 0.3) is 11.1 Å². The highest BCUT2D eigenvalue weighted by Crippen LogP contribution is 2.32. The topological polar surface area (TPSA) is 98.4 Å². The van der Waals surface area contributed by atoms with Gasteiger partial charge in [-0.25, -0.2) is 14.4 Å². The number of carbonyl (C=O) groups is 2. The van der Waals surface area contributed by atoms with E-state index >= 15 is 0 Å². The van der Waals surface area contributed by atoms with Gasteiger partial charge in [-0.1, -0.05) is 6.07 Å². The summed E-state index contributed by atoms with van der Waals surface area (Å²) >= 11 is 0. The van der Waals surface area contributed by atoms with Gasteiger partial charge in [-0.2, -0.15) is 0 Å². The Bertz CT molecular complexity index is 830. The number of likely N-dealkylation sites (tertiary alicyclic amines) is 1. The lowest BCUT2D eigenvalue weighted by molar-refractivity contribution is -0.130. The van der Waals surface area contributed by atoms with Gasteiger partial charge in [-0.15, -0.1) is 0 Å². The molecular formula is C18H19FN4O3. The van der Waals surface area contributed by atoms with Crippen LogP contribution in [0.4, 0.5) is 4.39 Å². The molecular weight excluding hydrogens is 339 g/mol. The third-order valence-electron chi connectivity index (χ3n) is 4.67. The number of methoxy groups -OCH3 is 1. The number of ether oxygens (including phenoxy) is 1. The summed E-state index contributed by atoms with van der Waals surface area (Å²) in [4.78, 5) is 34.0. The van der Waals surface area contributed by atoms with Crippen molar-refractivity contribution in [1.29, 1.82) is 0 Å². The second-order valence-electron chi connectivity index (χ2n) is 6.21. The van der Waals surface area contributed by atoms with Crippen molar-refractivity contribution in [3.63, 3.8) is 0 Å². The van der Waals surface area contributed by atoms with Crippen LogP contribution in [0.3, 0.4) is 0 Å². The minimum Gasteiger partial charge on any atom is -0.382 e. The van der Waals surface area contributed by atoms with E-state index in [1.165, 1.54) is 30.5 Å². The highest BCUT2D eigenvalue weighted by atomic mass is 19.1. The van der Waals surface area contributed by atoms with Crippen LogP contribution in [0.15, 0.2) is 36.9 Å². The molecule has 7 nitrogen and oxygen atoms in total. The Hall–Kier alpha value is -2.87. The maximum atomic E-state index is 14.6. The summed E-state index contributed by atoms with van der Waals surface area (Å²) in [5.41, 5.74) is 5.37. The van der Waals surface area contributed by atoms with Crippen LogP contribution in [-0.4, -0.2) is 52.5 Å². The summed E-state index contributed by atoms with van der Waals surface area (Å²) in [5.74, 6) is -1.91. The summed E-state index contributed by atoms with van der Waals surface area (Å²) in [7, 11) is 1.43. The number of rotatable bonds is 5. The third-order valence-corrected chi connectivity index (χ3v) is 4.67. The number of halogens is 1. The van der Waals surface area contributed by atoms with Gasteiger partial charge >= 0.3 is 0 Å². The molecule has 0 saturated carbocycles. The molecule has 2 aromatic rings. The number of carbonyl (C=O) groups excluding carboxylic acids is 2. The van der Waals surface area contributed by atoms with Crippen LogP contribution < -0.4 is 5.73 Å². The smallest absolute Gasteiger partial charge is 0.257 e. The number of nitrogens with zero attached hydrogens (tertiary/aromatic N) is 3. The third kappa shape index (κ3) is 3.03. The molecule has 0 spiro atoms. The molecule has 1 fully saturated rings. The first-order chi connectivity index (χ1) is 12.5. The molecule has 8 heteroatoms. The van der Waals surface area contributed by atoms with Crippen molar-refractivity contribution in [1.82, 2.24) is 14.9 Å². The fourth-order valence-electron chi connectivity index (χ4n) is 3.35. The zero-order valence-corrected chi connectivity index (χ0v) is 14.3. The van der Waals surface area contributed by atoms with Gasteiger partial charge in [0.1, 0.15) is 17.7 Å². The molecule has 1 aliphatic rings. The monoisotopic (exact) mass is 358 g/mol. The molecule has 1 atom stereocenters. The number of nitrogens with two attached hydrogens (primary N) is 1. The van der Waals surface area contributed by atoms with Crippen LogP contribution in [0.5, 0.6) is 0 Å². The standard InChI is InChI=1S/C18H19FN4O3/c1-26-10-18(17(20)25)5-2-6-23(18)16(24)14-4-3-12(7-15(14)19)13-8-21-11-22-9-13/h3-4,7-9,11H,2,5-6,10H2,1H3,(H2,20,25). The van der Waals surface area contributed by atoms with E-state index in [9.17, 15) is 14.0 Å². The fourth-order valence-corrected chi connectivity index (χ4v) is 3.35. The number of primary amides is 1. The van der Waals surface area contributed by atoms with E-state index in [4.69, 9.17) is 10.5 Å². The number of amides is 2. The van der Waals surface area contributed by atoms with Crippen LogP contribution in [-0.2, 0) is 9.53 Å². The molecule has 0 aliphatic carbocycles. The van der Waals surface area contributed by atoms with Gasteiger partial charge in [0.25, 0.3) is 5.91 Å². The number of hydrogen-bond donors (Lipinski definition) is 1. The van der Waals surface area contributed by atoms with E-state index in [1.54, 1.807) is 18.5 Å². The molecule has 2 N–H and O–H groups in total. The molecule has 1 unspecified atom stereocenters. The van der Waals surface area contributed by atoms with Crippen molar-refractivity contribution in [2.45, 2.75) is 18.4 Å². The Balaban J connectivity index is 1.93. The van der Waals surface area contributed by atoms with Gasteiger partial charge in [0.05, 0.1) is 12.2 Å². The van der Waals surface area contributed by atoms with Crippen molar-refractivity contribution < 1.29 is 18.7 Å². The molecule has 26 heavy (non-hydrogen) atoms. The lowest BCUT2D eigenvalue weighted by atomic mass is 9.95. The molecule has 136 valence electrons. The van der Waals surface area contributed by atoms with E-state index < -0.39 is 23.2 Å². The number of benzene rings is 1. The summed E-state index contributed by atoms with van der Waals surface area (Å²) in [6.07, 6.45) is 5.48. The van der Waals surface area contributed by atoms with Crippen LogP contribution in [0, 0.1) is 5.82 Å². The molecule has 1 aromatic heterocycles. The van der Waals surface area contributed by atoms with Crippen molar-refractivity contribution in [3.8, 4) is 11.1 Å². The second kappa shape index (κ2) is 7.17. The van der Waals surface area contributed by atoms with E-state index in [0.717, 1.165) is 0 Å². The molecule has 2 amide bonds. The predicted molar refractivity (Wildman–Crippen MR) is 91.5 cm³/mol. The van der Waals surface area contributed by atoms with Gasteiger partial charge in [-0.05, 0) is 30.5 Å². The first kappa shape index (κ1) is 17.9. The Morgan fingerprint density at radius 2 is 2.04 bits per heavy atom. The van der Waals surface area contributed by atoms with Crippen LogP contribution in [0.1, 0.15) is 23.2 Å². The average molecular weight is 358 g/mol. The predicted octanol–water partition coefficient (Wildman–Crippen LogP) is 1.39. The summed E-state index contributed by atoms with van der Waals surface area (Å²) in [6.45, 7) is 0.300. The number of aromatic nitrogens is 2. The van der Waals surface area contributed by atoms with Gasteiger partial charge in [0.15, 0.2) is 0 Å². The minimum absolute atomic E-state index is 0.0187. The molecule has 0 radical (unpaired) electrons. The highest BCUT2D eigenvalue weighted by molar-refractivity contribution is 6.00. The Kier molecular flexibility index (Phi) is 4.94. The first-order valence-corrected chi connectivity index (χ1v) is 8.15. The SMILES string of the molecule is COCC1(C(N)=O)CCCN1C(=O)c1ccc(-c2cncnc2)cc1F. The minimum atomic E-state index is -1.25. The number of hydrogen-bond acceptors (Lipinski definition) is 5. The zero-order valence-electron chi connectivity index (χ0n) is 14.3. The van der Waals surface area contributed by atoms with E-state index in [2.05, 4.69) is 9.97 Å². The second-order valence-corrected chi connectivity index (χ2v) is 6.21. The van der Waals surface area contributed by atoms with Crippen molar-refractivity contribution in [2.75, 3.05) is 20.3 Å². The Morgan fingerprint density at radius 1 is 1.31 bits per heavy atom. The lowest BCUT2D eigenvalue weighted by Crippen LogP contribution is -2.58. The molecule has 1 saturated heterocycles. The van der Waals surface area contributed by atoms with Gasteiger partial charge in [-0.3, -0.25) is 9.59 Å². The maximum absolute atomic E-state index is 14.6. The van der Waals surface area contributed by atoms with Gasteiger partial charge in [0, 0.05) is 31.6 Å². The Labute approximate surface area is 150 Å². The molecule has 1 aliphatic heterocycles. The van der Waals surface area contributed by atoms with Crippen LogP contribution in [0.2, 0.25) is 0 Å². The largest absolute Gasteiger partial charge is 0.382 e. The quantitative estimate of drug-likeness (QED) is 0.871. The molecule has 0 bridgehead atoms. The van der Waals surface area contributed by atoms with Gasteiger partial charge in [0.2, 0.25) is 5.91 Å².